The van der Waals surface area contributed by atoms with Crippen molar-refractivity contribution in [3.05, 3.63) is 47.5 Å². The molecule has 2 aromatic rings. The number of nitrogens with one attached hydrogen (secondary N) is 1. The third kappa shape index (κ3) is 2.98. The van der Waals surface area contributed by atoms with Gasteiger partial charge in [-0.2, -0.15) is 0 Å². The van der Waals surface area contributed by atoms with Gasteiger partial charge in [-0.15, -0.1) is 0 Å². The van der Waals surface area contributed by atoms with Crippen LogP contribution in [0.4, 0.5) is 13.2 Å². The highest BCUT2D eigenvalue weighted by atomic mass is 19.2. The molecule has 0 fully saturated rings. The zero-order valence-corrected chi connectivity index (χ0v) is 10.6. The maximum absolute atomic E-state index is 13.6. The fourth-order valence-corrected chi connectivity index (χ4v) is 1.75. The minimum atomic E-state index is -1.21. The van der Waals surface area contributed by atoms with Crippen LogP contribution in [0.3, 0.4) is 0 Å². The van der Waals surface area contributed by atoms with Crippen molar-refractivity contribution in [3.63, 3.8) is 0 Å². The van der Waals surface area contributed by atoms with Crippen molar-refractivity contribution >= 4 is 0 Å². The number of furan rings is 1. The summed E-state index contributed by atoms with van der Waals surface area (Å²) in [6.45, 7) is 1.97. The summed E-state index contributed by atoms with van der Waals surface area (Å²) in [5.41, 5.74) is -0.0812. The van der Waals surface area contributed by atoms with Crippen molar-refractivity contribution in [2.75, 3.05) is 7.05 Å². The predicted molar refractivity (Wildman–Crippen MR) is 66.2 cm³/mol. The van der Waals surface area contributed by atoms with Crippen molar-refractivity contribution in [1.29, 1.82) is 0 Å². The van der Waals surface area contributed by atoms with Crippen LogP contribution < -0.4 is 5.32 Å². The van der Waals surface area contributed by atoms with Gasteiger partial charge >= 0.3 is 0 Å². The summed E-state index contributed by atoms with van der Waals surface area (Å²) in [5, 5.41) is 3.05. The molecule has 1 unspecified atom stereocenters. The highest BCUT2D eigenvalue weighted by Gasteiger charge is 2.15. The van der Waals surface area contributed by atoms with Gasteiger partial charge in [-0.1, -0.05) is 0 Å². The van der Waals surface area contributed by atoms with Gasteiger partial charge in [0.1, 0.15) is 17.3 Å². The largest absolute Gasteiger partial charge is 0.461 e. The molecule has 1 atom stereocenters. The van der Waals surface area contributed by atoms with Crippen LogP contribution in [0.5, 0.6) is 0 Å². The molecule has 19 heavy (non-hydrogen) atoms. The molecule has 1 heterocycles. The van der Waals surface area contributed by atoms with Crippen LogP contribution in [0.2, 0.25) is 0 Å². The number of halogens is 3. The predicted octanol–water partition coefficient (Wildman–Crippen LogP) is 3.51. The lowest BCUT2D eigenvalue weighted by Gasteiger charge is -2.07. The monoisotopic (exact) mass is 269 g/mol. The molecule has 0 saturated heterocycles. The molecule has 0 radical (unpaired) electrons. The van der Waals surface area contributed by atoms with Crippen LogP contribution in [0, 0.1) is 17.5 Å². The second-order valence-electron chi connectivity index (χ2n) is 4.41. The number of benzene rings is 1. The summed E-state index contributed by atoms with van der Waals surface area (Å²) in [4.78, 5) is 0. The molecule has 0 spiro atoms. The van der Waals surface area contributed by atoms with E-state index in [1.165, 1.54) is 0 Å². The van der Waals surface area contributed by atoms with Gasteiger partial charge in [0.2, 0.25) is 0 Å². The minimum absolute atomic E-state index is 0.0812. The van der Waals surface area contributed by atoms with E-state index in [1.807, 2.05) is 14.0 Å². The molecule has 2 nitrogen and oxygen atoms in total. The topological polar surface area (TPSA) is 25.2 Å². The van der Waals surface area contributed by atoms with Crippen LogP contribution in [0.25, 0.3) is 11.3 Å². The third-order valence-corrected chi connectivity index (χ3v) is 2.94. The summed E-state index contributed by atoms with van der Waals surface area (Å²) in [6.07, 6.45) is 0.627. The average Bonchev–Trinajstić information content (AvgIpc) is 2.82. The lowest BCUT2D eigenvalue weighted by atomic mass is 10.1. The van der Waals surface area contributed by atoms with E-state index in [1.54, 1.807) is 12.1 Å². The van der Waals surface area contributed by atoms with Crippen LogP contribution in [-0.2, 0) is 6.42 Å². The molecule has 2 rings (SSSR count). The van der Waals surface area contributed by atoms with Gasteiger partial charge in [0.15, 0.2) is 11.6 Å². The zero-order chi connectivity index (χ0) is 14.0. The minimum Gasteiger partial charge on any atom is -0.461 e. The van der Waals surface area contributed by atoms with Crippen molar-refractivity contribution < 1.29 is 17.6 Å². The average molecular weight is 269 g/mol. The summed E-state index contributed by atoms with van der Waals surface area (Å²) < 4.78 is 45.0. The lowest BCUT2D eigenvalue weighted by molar-refractivity contribution is 0.473. The molecular weight excluding hydrogens is 255 g/mol. The first-order chi connectivity index (χ1) is 9.01. The quantitative estimate of drug-likeness (QED) is 0.859. The zero-order valence-electron chi connectivity index (χ0n) is 10.6. The Labute approximate surface area is 109 Å². The molecule has 0 saturated carbocycles. The maximum atomic E-state index is 13.6. The second kappa shape index (κ2) is 5.48. The van der Waals surface area contributed by atoms with Crippen LogP contribution in [-0.4, -0.2) is 13.1 Å². The lowest BCUT2D eigenvalue weighted by Crippen LogP contribution is -2.23. The summed E-state index contributed by atoms with van der Waals surface area (Å²) in [7, 11) is 1.82. The van der Waals surface area contributed by atoms with E-state index in [2.05, 4.69) is 5.32 Å². The van der Waals surface area contributed by atoms with E-state index in [-0.39, 0.29) is 17.4 Å². The van der Waals surface area contributed by atoms with Crippen LogP contribution in [0.15, 0.2) is 28.7 Å². The Kier molecular flexibility index (Phi) is 3.95. The van der Waals surface area contributed by atoms with Crippen molar-refractivity contribution in [1.82, 2.24) is 5.32 Å². The number of hydrogen-bond acceptors (Lipinski definition) is 2. The van der Waals surface area contributed by atoms with Gasteiger partial charge in [-0.3, -0.25) is 0 Å². The molecule has 0 aliphatic carbocycles. The van der Waals surface area contributed by atoms with Crippen molar-refractivity contribution in [3.8, 4) is 11.3 Å². The smallest absolute Gasteiger partial charge is 0.161 e. The Morgan fingerprint density at radius 1 is 1.11 bits per heavy atom. The highest BCUT2D eigenvalue weighted by molar-refractivity contribution is 5.58. The number of rotatable bonds is 4. The first kappa shape index (κ1) is 13.7. The van der Waals surface area contributed by atoms with Gasteiger partial charge in [0.05, 0.1) is 5.56 Å². The fraction of sp³-hybridized carbons (Fsp3) is 0.286. The van der Waals surface area contributed by atoms with Crippen molar-refractivity contribution in [2.24, 2.45) is 0 Å². The molecule has 102 valence electrons. The Balaban J connectivity index is 2.30. The Morgan fingerprint density at radius 3 is 2.47 bits per heavy atom. The van der Waals surface area contributed by atoms with E-state index in [0.29, 0.717) is 18.2 Å². The molecule has 0 amide bonds. The van der Waals surface area contributed by atoms with Crippen molar-refractivity contribution in [2.45, 2.75) is 19.4 Å². The van der Waals surface area contributed by atoms with Gasteiger partial charge in [-0.05, 0) is 32.2 Å². The number of likely N-dealkylation sites (N-methyl/N-ethyl adjacent to an activating group) is 1. The summed E-state index contributed by atoms with van der Waals surface area (Å²) in [6, 6.07) is 4.77. The first-order valence-corrected chi connectivity index (χ1v) is 5.92. The molecule has 0 aliphatic rings. The van der Waals surface area contributed by atoms with Crippen LogP contribution >= 0.6 is 0 Å². The highest BCUT2D eigenvalue weighted by Crippen LogP contribution is 2.27. The van der Waals surface area contributed by atoms with Gasteiger partial charge < -0.3 is 9.73 Å². The second-order valence-corrected chi connectivity index (χ2v) is 4.41. The van der Waals surface area contributed by atoms with Gasteiger partial charge in [0.25, 0.3) is 0 Å². The van der Waals surface area contributed by atoms with E-state index >= 15 is 0 Å². The molecule has 0 aliphatic heterocycles. The van der Waals surface area contributed by atoms with E-state index < -0.39 is 17.5 Å². The molecular formula is C14H14F3NO. The standard InChI is InChI=1S/C14H14F3NO/c1-8(18-2)5-9-3-4-14(19-9)10-6-12(16)13(17)7-11(10)15/h3-4,6-8,18H,5H2,1-2H3. The van der Waals surface area contributed by atoms with Crippen LogP contribution in [0.1, 0.15) is 12.7 Å². The Morgan fingerprint density at radius 2 is 1.79 bits per heavy atom. The first-order valence-electron chi connectivity index (χ1n) is 5.92. The molecule has 1 aromatic heterocycles. The van der Waals surface area contributed by atoms with Gasteiger partial charge in [-0.25, -0.2) is 13.2 Å². The normalized spacial score (nSPS) is 12.7. The summed E-state index contributed by atoms with van der Waals surface area (Å²) in [5.74, 6) is -2.31. The summed E-state index contributed by atoms with van der Waals surface area (Å²) >= 11 is 0. The van der Waals surface area contributed by atoms with E-state index in [9.17, 15) is 13.2 Å². The SMILES string of the molecule is CNC(C)Cc1ccc(-c2cc(F)c(F)cc2F)o1. The van der Waals surface area contributed by atoms with Gasteiger partial charge in [0, 0.05) is 18.5 Å². The Bertz CT molecular complexity index is 580. The fourth-order valence-electron chi connectivity index (χ4n) is 1.75. The molecule has 1 aromatic carbocycles. The maximum Gasteiger partial charge on any atom is 0.161 e. The molecule has 5 heteroatoms. The third-order valence-electron chi connectivity index (χ3n) is 2.94. The van der Waals surface area contributed by atoms with E-state index in [0.717, 1.165) is 6.07 Å². The van der Waals surface area contributed by atoms with E-state index in [4.69, 9.17) is 4.42 Å². The Hall–Kier alpha value is -1.75. The number of hydrogen-bond donors (Lipinski definition) is 1. The molecule has 0 bridgehead atoms. The molecule has 1 N–H and O–H groups in total.